The summed E-state index contributed by atoms with van der Waals surface area (Å²) in [5.74, 6) is 0.0852. The van der Waals surface area contributed by atoms with Crippen LogP contribution < -0.4 is 0 Å². The lowest BCUT2D eigenvalue weighted by atomic mass is 10.1. The number of para-hydroxylation sites is 1. The first-order valence-corrected chi connectivity index (χ1v) is 10.5. The second kappa shape index (κ2) is 8.64. The van der Waals surface area contributed by atoms with Crippen LogP contribution in [0.4, 0.5) is 0 Å². The van der Waals surface area contributed by atoms with Gasteiger partial charge in [-0.05, 0) is 35.7 Å². The van der Waals surface area contributed by atoms with Gasteiger partial charge in [-0.1, -0.05) is 48.0 Å². The summed E-state index contributed by atoms with van der Waals surface area (Å²) in [6.07, 6.45) is 2.41. The van der Waals surface area contributed by atoms with Crippen LogP contribution in [0, 0.1) is 0 Å². The topological polar surface area (TPSA) is 38.1 Å². The van der Waals surface area contributed by atoms with Crippen molar-refractivity contribution in [2.24, 2.45) is 0 Å². The van der Waals surface area contributed by atoms with Gasteiger partial charge in [0.25, 0.3) is 0 Å². The van der Waals surface area contributed by atoms with Crippen molar-refractivity contribution >= 4 is 28.8 Å². The van der Waals surface area contributed by atoms with Gasteiger partial charge < -0.3 is 4.90 Å². The molecule has 0 aliphatic carbocycles. The third-order valence-corrected chi connectivity index (χ3v) is 5.80. The molecule has 4 aromatic rings. The van der Waals surface area contributed by atoms with E-state index in [9.17, 15) is 4.79 Å². The molecule has 2 aromatic carbocycles. The van der Waals surface area contributed by atoms with Crippen molar-refractivity contribution in [1.29, 1.82) is 0 Å². The van der Waals surface area contributed by atoms with E-state index >= 15 is 0 Å². The van der Waals surface area contributed by atoms with E-state index in [0.29, 0.717) is 18.0 Å². The monoisotopic (exact) mass is 421 g/mol. The smallest absolute Gasteiger partial charge is 0.227 e. The number of rotatable bonds is 6. The molecule has 0 saturated carbocycles. The number of carbonyl (C=O) groups is 1. The summed E-state index contributed by atoms with van der Waals surface area (Å²) < 4.78 is 1.86. The van der Waals surface area contributed by atoms with E-state index in [1.165, 1.54) is 0 Å². The predicted molar refractivity (Wildman–Crippen MR) is 119 cm³/mol. The largest absolute Gasteiger partial charge is 0.341 e. The van der Waals surface area contributed by atoms with Crippen molar-refractivity contribution < 1.29 is 4.79 Å². The number of likely N-dealkylation sites (N-methyl/N-ethyl adjacent to an activating group) is 1. The summed E-state index contributed by atoms with van der Waals surface area (Å²) >= 11 is 7.66. The molecule has 0 radical (unpaired) electrons. The molecule has 0 fully saturated rings. The Hall–Kier alpha value is -2.89. The van der Waals surface area contributed by atoms with E-state index in [2.05, 4.69) is 0 Å². The zero-order valence-corrected chi connectivity index (χ0v) is 17.5. The molecule has 0 spiro atoms. The van der Waals surface area contributed by atoms with Crippen LogP contribution in [0.5, 0.6) is 0 Å². The number of hydrogen-bond donors (Lipinski definition) is 0. The number of benzene rings is 2. The fourth-order valence-electron chi connectivity index (χ4n) is 3.13. The van der Waals surface area contributed by atoms with Gasteiger partial charge in [0.2, 0.25) is 5.91 Å². The highest BCUT2D eigenvalue weighted by atomic mass is 35.5. The number of nitrogens with zero attached hydrogens (tertiary/aromatic N) is 3. The van der Waals surface area contributed by atoms with Gasteiger partial charge in [0.15, 0.2) is 0 Å². The quantitative estimate of drug-likeness (QED) is 0.415. The van der Waals surface area contributed by atoms with Crippen LogP contribution in [0.25, 0.3) is 16.9 Å². The van der Waals surface area contributed by atoms with Crippen molar-refractivity contribution in [3.05, 3.63) is 93.8 Å². The molecule has 0 aliphatic rings. The fourth-order valence-corrected chi connectivity index (χ4v) is 3.95. The SMILES string of the molecule is CN(Cc1cn(-c2ccccc2)nc1-c1ccc(Cl)cc1)C(=O)Cc1cccs1. The minimum atomic E-state index is 0.0852. The average Bonchev–Trinajstić information content (AvgIpc) is 3.39. The van der Waals surface area contributed by atoms with Gasteiger partial charge in [-0.3, -0.25) is 4.79 Å². The van der Waals surface area contributed by atoms with E-state index in [4.69, 9.17) is 16.7 Å². The molecule has 0 aliphatic heterocycles. The van der Waals surface area contributed by atoms with Crippen molar-refractivity contribution in [2.75, 3.05) is 7.05 Å². The summed E-state index contributed by atoms with van der Waals surface area (Å²) in [5.41, 5.74) is 3.78. The lowest BCUT2D eigenvalue weighted by Crippen LogP contribution is -2.27. The van der Waals surface area contributed by atoms with Gasteiger partial charge in [-0.25, -0.2) is 4.68 Å². The molecule has 4 nitrogen and oxygen atoms in total. The summed E-state index contributed by atoms with van der Waals surface area (Å²) in [6, 6.07) is 21.5. The highest BCUT2D eigenvalue weighted by Crippen LogP contribution is 2.26. The molecule has 29 heavy (non-hydrogen) atoms. The maximum absolute atomic E-state index is 12.7. The predicted octanol–water partition coefficient (Wildman–Crippen LogP) is 5.46. The normalized spacial score (nSPS) is 10.8. The zero-order chi connectivity index (χ0) is 20.2. The summed E-state index contributed by atoms with van der Waals surface area (Å²) in [4.78, 5) is 15.5. The maximum Gasteiger partial charge on any atom is 0.227 e. The van der Waals surface area contributed by atoms with Crippen LogP contribution in [-0.2, 0) is 17.8 Å². The van der Waals surface area contributed by atoms with Gasteiger partial charge in [0, 0.05) is 40.8 Å². The Morgan fingerprint density at radius 2 is 1.83 bits per heavy atom. The molecule has 0 atom stereocenters. The molecule has 6 heteroatoms. The number of carbonyl (C=O) groups excluding carboxylic acids is 1. The lowest BCUT2D eigenvalue weighted by molar-refractivity contribution is -0.129. The van der Waals surface area contributed by atoms with E-state index in [0.717, 1.165) is 27.4 Å². The Balaban J connectivity index is 1.64. The van der Waals surface area contributed by atoms with E-state index < -0.39 is 0 Å². The first-order valence-electron chi connectivity index (χ1n) is 9.26. The van der Waals surface area contributed by atoms with E-state index in [1.54, 1.807) is 16.2 Å². The number of aromatic nitrogens is 2. The van der Waals surface area contributed by atoms with Gasteiger partial charge in [-0.2, -0.15) is 5.10 Å². The molecule has 0 bridgehead atoms. The van der Waals surface area contributed by atoms with Crippen molar-refractivity contribution in [1.82, 2.24) is 14.7 Å². The summed E-state index contributed by atoms with van der Waals surface area (Å²) in [7, 11) is 1.83. The Bertz CT molecular complexity index is 1090. The minimum Gasteiger partial charge on any atom is -0.341 e. The number of amides is 1. The third-order valence-electron chi connectivity index (χ3n) is 4.67. The molecular formula is C23H20ClN3OS. The number of hydrogen-bond acceptors (Lipinski definition) is 3. The van der Waals surface area contributed by atoms with Crippen LogP contribution in [-0.4, -0.2) is 27.6 Å². The molecular weight excluding hydrogens is 402 g/mol. The summed E-state index contributed by atoms with van der Waals surface area (Å²) in [5, 5.41) is 7.48. The Kier molecular flexibility index (Phi) is 5.79. The molecule has 1 amide bonds. The first kappa shape index (κ1) is 19.4. The molecule has 4 rings (SSSR count). The van der Waals surface area contributed by atoms with Gasteiger partial charge in [0.1, 0.15) is 0 Å². The van der Waals surface area contributed by atoms with Gasteiger partial charge in [0.05, 0.1) is 17.8 Å². The molecule has 0 saturated heterocycles. The minimum absolute atomic E-state index is 0.0852. The Morgan fingerprint density at radius 1 is 1.07 bits per heavy atom. The van der Waals surface area contributed by atoms with Crippen molar-refractivity contribution in [2.45, 2.75) is 13.0 Å². The molecule has 2 heterocycles. The molecule has 0 N–H and O–H groups in total. The highest BCUT2D eigenvalue weighted by Gasteiger charge is 2.17. The molecule has 146 valence electrons. The van der Waals surface area contributed by atoms with E-state index in [-0.39, 0.29) is 5.91 Å². The Morgan fingerprint density at radius 3 is 2.52 bits per heavy atom. The van der Waals surface area contributed by atoms with Crippen LogP contribution in [0.3, 0.4) is 0 Å². The lowest BCUT2D eigenvalue weighted by Gasteiger charge is -2.16. The molecule has 2 aromatic heterocycles. The standard InChI is InChI=1S/C23H20ClN3OS/c1-26(22(28)14-21-8-5-13-29-21)15-18-16-27(20-6-3-2-4-7-20)25-23(18)17-9-11-19(24)12-10-17/h2-13,16H,14-15H2,1H3. The van der Waals surface area contributed by atoms with E-state index in [1.807, 2.05) is 90.0 Å². The van der Waals surface area contributed by atoms with Crippen LogP contribution in [0.2, 0.25) is 5.02 Å². The van der Waals surface area contributed by atoms with Crippen molar-refractivity contribution in [3.8, 4) is 16.9 Å². The second-order valence-corrected chi connectivity index (χ2v) is 8.26. The van der Waals surface area contributed by atoms with Crippen LogP contribution >= 0.6 is 22.9 Å². The molecule has 0 unspecified atom stereocenters. The fraction of sp³-hybridized carbons (Fsp3) is 0.130. The Labute approximate surface area is 179 Å². The average molecular weight is 422 g/mol. The van der Waals surface area contributed by atoms with Crippen molar-refractivity contribution in [3.63, 3.8) is 0 Å². The highest BCUT2D eigenvalue weighted by molar-refractivity contribution is 7.10. The number of halogens is 1. The summed E-state index contributed by atoms with van der Waals surface area (Å²) in [6.45, 7) is 0.481. The number of thiophene rings is 1. The first-order chi connectivity index (χ1) is 14.1. The van der Waals surface area contributed by atoms with Crippen LogP contribution in [0.1, 0.15) is 10.4 Å². The van der Waals surface area contributed by atoms with Gasteiger partial charge >= 0.3 is 0 Å². The maximum atomic E-state index is 12.7. The van der Waals surface area contributed by atoms with Gasteiger partial charge in [-0.15, -0.1) is 11.3 Å². The zero-order valence-electron chi connectivity index (χ0n) is 16.0. The second-order valence-electron chi connectivity index (χ2n) is 6.80. The third kappa shape index (κ3) is 4.58. The van der Waals surface area contributed by atoms with Crippen LogP contribution in [0.15, 0.2) is 78.3 Å².